The summed E-state index contributed by atoms with van der Waals surface area (Å²) in [5, 5.41) is 11.8. The van der Waals surface area contributed by atoms with E-state index in [0.717, 1.165) is 70.4 Å². The van der Waals surface area contributed by atoms with Crippen LogP contribution in [0.25, 0.3) is 0 Å². The summed E-state index contributed by atoms with van der Waals surface area (Å²) in [5.41, 5.74) is 6.57. The van der Waals surface area contributed by atoms with Crippen LogP contribution in [-0.4, -0.2) is 58.5 Å². The summed E-state index contributed by atoms with van der Waals surface area (Å²) in [6.45, 7) is 6.08. The molecule has 0 bridgehead atoms. The first-order valence-corrected chi connectivity index (χ1v) is 8.86. The van der Waals surface area contributed by atoms with Crippen molar-refractivity contribution in [2.45, 2.75) is 51.5 Å². The van der Waals surface area contributed by atoms with Crippen LogP contribution in [-0.2, 0) is 11.2 Å². The summed E-state index contributed by atoms with van der Waals surface area (Å²) in [5.74, 6) is 0.162. The number of nitrogens with zero attached hydrogens (tertiary/aromatic N) is 4. The average Bonchev–Trinajstić information content (AvgIpc) is 3.06. The standard InChI is InChI=1S/C16H30N6O.ClH/c1-2-3-6-14-13-22(20-19-14)15(7-4-5-8-17)16(23)21-11-9-18-10-12-21;/h13,15,18H,2-12,17H2,1H3;1H/p-1/t15-;/m0./s1. The highest BCUT2D eigenvalue weighted by molar-refractivity contribution is 5.80. The third-order valence-corrected chi connectivity index (χ3v) is 4.31. The maximum Gasteiger partial charge on any atom is 0.247 e. The smallest absolute Gasteiger partial charge is 0.247 e. The number of halogens is 1. The van der Waals surface area contributed by atoms with E-state index in [0.29, 0.717) is 6.54 Å². The zero-order valence-corrected chi connectivity index (χ0v) is 15.3. The molecule has 7 nitrogen and oxygen atoms in total. The second-order valence-corrected chi connectivity index (χ2v) is 6.17. The van der Waals surface area contributed by atoms with E-state index in [-0.39, 0.29) is 24.4 Å². The van der Waals surface area contributed by atoms with E-state index < -0.39 is 0 Å². The van der Waals surface area contributed by atoms with Gasteiger partial charge in [0.25, 0.3) is 0 Å². The largest absolute Gasteiger partial charge is 1.00 e. The molecular weight excluding hydrogens is 328 g/mol. The monoisotopic (exact) mass is 357 g/mol. The van der Waals surface area contributed by atoms with E-state index in [4.69, 9.17) is 5.73 Å². The summed E-state index contributed by atoms with van der Waals surface area (Å²) in [4.78, 5) is 14.8. The first-order valence-electron chi connectivity index (χ1n) is 8.86. The van der Waals surface area contributed by atoms with Crippen molar-refractivity contribution in [1.82, 2.24) is 25.2 Å². The quantitative estimate of drug-likeness (QED) is 0.486. The van der Waals surface area contributed by atoms with E-state index in [1.807, 2.05) is 11.1 Å². The normalized spacial score (nSPS) is 15.8. The molecule has 8 heteroatoms. The predicted molar refractivity (Wildman–Crippen MR) is 90.0 cm³/mol. The molecule has 0 unspecified atom stereocenters. The number of hydrogen-bond donors (Lipinski definition) is 2. The Morgan fingerprint density at radius 2 is 2.08 bits per heavy atom. The average molecular weight is 358 g/mol. The fraction of sp³-hybridized carbons (Fsp3) is 0.812. The molecule has 1 saturated heterocycles. The number of unbranched alkanes of at least 4 members (excludes halogenated alkanes) is 2. The van der Waals surface area contributed by atoms with Crippen molar-refractivity contribution in [1.29, 1.82) is 0 Å². The van der Waals surface area contributed by atoms with Gasteiger partial charge in [-0.1, -0.05) is 18.6 Å². The third kappa shape index (κ3) is 6.03. The molecule has 1 atom stereocenters. The van der Waals surface area contributed by atoms with Gasteiger partial charge in [0, 0.05) is 32.4 Å². The topological polar surface area (TPSA) is 89.1 Å². The minimum absolute atomic E-state index is 0. The van der Waals surface area contributed by atoms with E-state index in [1.165, 1.54) is 0 Å². The molecule has 1 aliphatic heterocycles. The summed E-state index contributed by atoms with van der Waals surface area (Å²) in [6, 6.07) is -0.248. The molecular formula is C16H30ClN6O-. The van der Waals surface area contributed by atoms with E-state index in [9.17, 15) is 4.79 Å². The van der Waals surface area contributed by atoms with Gasteiger partial charge in [-0.15, -0.1) is 5.10 Å². The summed E-state index contributed by atoms with van der Waals surface area (Å²) in [6.07, 6.45) is 7.74. The molecule has 0 spiro atoms. The van der Waals surface area contributed by atoms with E-state index in [2.05, 4.69) is 22.6 Å². The minimum atomic E-state index is -0.248. The Kier molecular flexibility index (Phi) is 9.90. The number of piperazine rings is 1. The Balaban J connectivity index is 0.00000288. The van der Waals surface area contributed by atoms with Crippen molar-refractivity contribution in [2.75, 3.05) is 32.7 Å². The van der Waals surface area contributed by atoms with Crippen molar-refractivity contribution in [3.8, 4) is 0 Å². The lowest BCUT2D eigenvalue weighted by atomic mass is 10.1. The molecule has 0 radical (unpaired) electrons. The van der Waals surface area contributed by atoms with E-state index in [1.54, 1.807) is 4.68 Å². The van der Waals surface area contributed by atoms with Crippen molar-refractivity contribution in [3.05, 3.63) is 11.9 Å². The van der Waals surface area contributed by atoms with Crippen LogP contribution in [0.2, 0.25) is 0 Å². The maximum atomic E-state index is 12.9. The van der Waals surface area contributed by atoms with Crippen molar-refractivity contribution in [3.63, 3.8) is 0 Å². The highest BCUT2D eigenvalue weighted by Crippen LogP contribution is 2.18. The van der Waals surface area contributed by atoms with Gasteiger partial charge >= 0.3 is 0 Å². The molecule has 3 N–H and O–H groups in total. The molecule has 1 aromatic rings. The number of rotatable bonds is 9. The van der Waals surface area contributed by atoms with Gasteiger partial charge in [0.2, 0.25) is 5.91 Å². The summed E-state index contributed by atoms with van der Waals surface area (Å²) >= 11 is 0. The molecule has 2 heterocycles. The predicted octanol–water partition coefficient (Wildman–Crippen LogP) is -2.27. The molecule has 0 aromatic carbocycles. The molecule has 1 fully saturated rings. The van der Waals surface area contributed by atoms with Crippen LogP contribution >= 0.6 is 0 Å². The molecule has 138 valence electrons. The fourth-order valence-electron chi connectivity index (χ4n) is 2.89. The Hall–Kier alpha value is -1.18. The Morgan fingerprint density at radius 3 is 2.75 bits per heavy atom. The number of carbonyl (C=O) groups excluding carboxylic acids is 1. The van der Waals surface area contributed by atoms with Crippen LogP contribution in [0.3, 0.4) is 0 Å². The van der Waals surface area contributed by atoms with Crippen LogP contribution < -0.4 is 23.5 Å². The zero-order chi connectivity index (χ0) is 16.5. The minimum Gasteiger partial charge on any atom is -1.00 e. The molecule has 1 amide bonds. The fourth-order valence-corrected chi connectivity index (χ4v) is 2.89. The van der Waals surface area contributed by atoms with Crippen LogP contribution in [0, 0.1) is 0 Å². The molecule has 2 rings (SSSR count). The van der Waals surface area contributed by atoms with Crippen LogP contribution in [0.1, 0.15) is 50.8 Å². The molecule has 1 aliphatic rings. The van der Waals surface area contributed by atoms with Crippen LogP contribution in [0.5, 0.6) is 0 Å². The first-order chi connectivity index (χ1) is 11.3. The number of hydrogen-bond acceptors (Lipinski definition) is 5. The van der Waals surface area contributed by atoms with Gasteiger partial charge in [-0.25, -0.2) is 4.68 Å². The molecule has 1 aromatic heterocycles. The SMILES string of the molecule is CCCCc1cn([C@@H](CCCCN)C(=O)N2CCNCC2)nn1.[Cl-]. The number of nitrogens with one attached hydrogen (secondary N) is 1. The number of carbonyl (C=O) groups is 1. The lowest BCUT2D eigenvalue weighted by Crippen LogP contribution is -3.00. The van der Waals surface area contributed by atoms with Crippen LogP contribution in [0.15, 0.2) is 6.20 Å². The van der Waals surface area contributed by atoms with Crippen LogP contribution in [0.4, 0.5) is 0 Å². The number of amides is 1. The molecule has 24 heavy (non-hydrogen) atoms. The van der Waals surface area contributed by atoms with E-state index >= 15 is 0 Å². The van der Waals surface area contributed by atoms with Gasteiger partial charge in [-0.2, -0.15) is 0 Å². The second-order valence-electron chi connectivity index (χ2n) is 6.17. The van der Waals surface area contributed by atoms with Gasteiger partial charge in [-0.05, 0) is 38.6 Å². The Morgan fingerprint density at radius 1 is 1.33 bits per heavy atom. The lowest BCUT2D eigenvalue weighted by molar-refractivity contribution is -0.136. The Bertz CT molecular complexity index is 475. The lowest BCUT2D eigenvalue weighted by Gasteiger charge is -2.30. The zero-order valence-electron chi connectivity index (χ0n) is 14.6. The van der Waals surface area contributed by atoms with Gasteiger partial charge in [0.15, 0.2) is 0 Å². The van der Waals surface area contributed by atoms with Gasteiger partial charge in [-0.3, -0.25) is 4.79 Å². The van der Waals surface area contributed by atoms with Gasteiger partial charge in [0.05, 0.1) is 5.69 Å². The van der Waals surface area contributed by atoms with Crippen molar-refractivity contribution in [2.24, 2.45) is 5.73 Å². The third-order valence-electron chi connectivity index (χ3n) is 4.31. The number of aromatic nitrogens is 3. The second kappa shape index (κ2) is 11.4. The number of nitrogens with two attached hydrogens (primary N) is 1. The first kappa shape index (κ1) is 20.9. The molecule has 0 saturated carbocycles. The molecule has 0 aliphatic carbocycles. The van der Waals surface area contributed by atoms with Gasteiger partial charge in [0.1, 0.15) is 6.04 Å². The van der Waals surface area contributed by atoms with Gasteiger partial charge < -0.3 is 28.4 Å². The summed E-state index contributed by atoms with van der Waals surface area (Å²) < 4.78 is 1.77. The van der Waals surface area contributed by atoms with Crippen molar-refractivity contribution < 1.29 is 17.2 Å². The summed E-state index contributed by atoms with van der Waals surface area (Å²) in [7, 11) is 0. The maximum absolute atomic E-state index is 12.9. The highest BCUT2D eigenvalue weighted by Gasteiger charge is 2.27. The number of aryl methyl sites for hydroxylation is 1. The van der Waals surface area contributed by atoms with Crippen molar-refractivity contribution >= 4 is 5.91 Å². The Labute approximate surface area is 150 Å². The highest BCUT2D eigenvalue weighted by atomic mass is 35.5.